The summed E-state index contributed by atoms with van der Waals surface area (Å²) in [4.78, 5) is 3.28. The van der Waals surface area contributed by atoms with Gasteiger partial charge in [0, 0.05) is 29.0 Å². The lowest BCUT2D eigenvalue weighted by molar-refractivity contribution is -0.660. The third-order valence-electron chi connectivity index (χ3n) is 4.35. The summed E-state index contributed by atoms with van der Waals surface area (Å²) >= 11 is 0. The fourth-order valence-corrected chi connectivity index (χ4v) is 3.18. The largest absolute Gasteiger partial charge is 0.456 e. The second kappa shape index (κ2) is 5.17. The van der Waals surface area contributed by atoms with Crippen molar-refractivity contribution in [3.63, 3.8) is 0 Å². The molecule has 0 amide bonds. The number of aryl methyl sites for hydroxylation is 2. The Bertz CT molecular complexity index is 1150. The van der Waals surface area contributed by atoms with Crippen LogP contribution in [-0.2, 0) is 7.05 Å². The molecule has 0 aliphatic heterocycles. The molecular formula is C20H14FN2O+. The molecule has 0 atom stereocenters. The minimum absolute atomic E-state index is 0.00935. The van der Waals surface area contributed by atoms with Crippen LogP contribution in [0, 0.1) is 19.3 Å². The van der Waals surface area contributed by atoms with Gasteiger partial charge in [-0.2, -0.15) is 0 Å². The molecule has 0 spiro atoms. The third kappa shape index (κ3) is 1.99. The molecule has 0 radical (unpaired) electrons. The summed E-state index contributed by atoms with van der Waals surface area (Å²) in [6, 6.07) is 12.8. The van der Waals surface area contributed by atoms with Gasteiger partial charge in [0.25, 0.3) is 0 Å². The standard InChI is InChI=1S/C20H14FN2O/c1-12-7-8-17-20(19(12)16-6-4-5-9-23(16)3)13-10-15(22-2)14(21)11-18(13)24-17/h4-11H,1,3H3/q+1. The zero-order valence-corrected chi connectivity index (χ0v) is 13.3. The van der Waals surface area contributed by atoms with Crippen molar-refractivity contribution in [2.24, 2.45) is 7.05 Å². The Kier molecular flexibility index (Phi) is 3.10. The van der Waals surface area contributed by atoms with Gasteiger partial charge in [0.1, 0.15) is 24.0 Å². The minimum Gasteiger partial charge on any atom is -0.456 e. The number of hydrogen-bond acceptors (Lipinski definition) is 1. The first-order valence-corrected chi connectivity index (χ1v) is 7.58. The van der Waals surface area contributed by atoms with Gasteiger partial charge in [-0.3, -0.25) is 0 Å². The van der Waals surface area contributed by atoms with E-state index in [1.54, 1.807) is 6.07 Å². The first-order chi connectivity index (χ1) is 11.6. The molecule has 4 heteroatoms. The van der Waals surface area contributed by atoms with E-state index in [9.17, 15) is 4.39 Å². The van der Waals surface area contributed by atoms with Crippen molar-refractivity contribution in [2.45, 2.75) is 6.92 Å². The van der Waals surface area contributed by atoms with Crippen molar-refractivity contribution in [1.29, 1.82) is 0 Å². The Morgan fingerprint density at radius 3 is 2.71 bits per heavy atom. The predicted molar refractivity (Wildman–Crippen MR) is 91.3 cm³/mol. The maximum absolute atomic E-state index is 13.9. The van der Waals surface area contributed by atoms with Gasteiger partial charge in [-0.15, -0.1) is 0 Å². The van der Waals surface area contributed by atoms with Crippen molar-refractivity contribution in [2.75, 3.05) is 0 Å². The Balaban J connectivity index is 2.21. The summed E-state index contributed by atoms with van der Waals surface area (Å²) in [5.41, 5.74) is 4.33. The molecule has 0 fully saturated rings. The fraction of sp³-hybridized carbons (Fsp3) is 0.100. The van der Waals surface area contributed by atoms with Crippen LogP contribution in [0.3, 0.4) is 0 Å². The summed E-state index contributed by atoms with van der Waals surface area (Å²) in [7, 11) is 1.99. The Morgan fingerprint density at radius 1 is 1.12 bits per heavy atom. The smallest absolute Gasteiger partial charge is 0.222 e. The van der Waals surface area contributed by atoms with Crippen LogP contribution in [0.25, 0.3) is 38.0 Å². The number of rotatable bonds is 1. The van der Waals surface area contributed by atoms with Crippen LogP contribution in [0.5, 0.6) is 0 Å². The first-order valence-electron chi connectivity index (χ1n) is 7.58. The zero-order valence-electron chi connectivity index (χ0n) is 13.3. The molecule has 0 unspecified atom stereocenters. The molecular weight excluding hydrogens is 303 g/mol. The van der Waals surface area contributed by atoms with E-state index < -0.39 is 5.82 Å². The SMILES string of the molecule is [C-]#[N+]c1cc2c(cc1F)oc1ccc(C)c(-c3cccc[n+]3C)c12. The lowest BCUT2D eigenvalue weighted by Crippen LogP contribution is -2.30. The molecule has 0 N–H and O–H groups in total. The Labute approximate surface area is 138 Å². The van der Waals surface area contributed by atoms with Crippen LogP contribution in [0.15, 0.2) is 53.1 Å². The molecule has 2 aromatic heterocycles. The molecule has 0 aliphatic carbocycles. The maximum Gasteiger partial charge on any atom is 0.222 e. The van der Waals surface area contributed by atoms with Crippen molar-refractivity contribution < 1.29 is 13.4 Å². The highest BCUT2D eigenvalue weighted by Crippen LogP contribution is 2.39. The summed E-state index contributed by atoms with van der Waals surface area (Å²) in [6.07, 6.45) is 1.99. The van der Waals surface area contributed by atoms with Gasteiger partial charge < -0.3 is 4.42 Å². The number of benzene rings is 2. The lowest BCUT2D eigenvalue weighted by Gasteiger charge is -2.06. The second-order valence-corrected chi connectivity index (χ2v) is 5.84. The van der Waals surface area contributed by atoms with E-state index in [0.29, 0.717) is 11.2 Å². The number of furan rings is 1. The molecule has 2 heterocycles. The number of pyridine rings is 1. The Hall–Kier alpha value is -3.19. The average molecular weight is 317 g/mol. The Morgan fingerprint density at radius 2 is 1.96 bits per heavy atom. The topological polar surface area (TPSA) is 21.4 Å². The number of halogens is 1. The highest BCUT2D eigenvalue weighted by Gasteiger charge is 2.21. The molecule has 116 valence electrons. The number of fused-ring (bicyclic) bond motifs is 3. The molecule has 0 bridgehead atoms. The average Bonchev–Trinajstić information content (AvgIpc) is 2.92. The lowest BCUT2D eigenvalue weighted by atomic mass is 9.98. The molecule has 3 nitrogen and oxygen atoms in total. The third-order valence-corrected chi connectivity index (χ3v) is 4.35. The quantitative estimate of drug-likeness (QED) is 0.354. The summed E-state index contributed by atoms with van der Waals surface area (Å²) in [5.74, 6) is -0.555. The first kappa shape index (κ1) is 14.4. The van der Waals surface area contributed by atoms with E-state index in [2.05, 4.69) is 4.85 Å². The fourth-order valence-electron chi connectivity index (χ4n) is 3.18. The van der Waals surface area contributed by atoms with Gasteiger partial charge in [-0.25, -0.2) is 13.8 Å². The van der Waals surface area contributed by atoms with Crippen LogP contribution >= 0.6 is 0 Å². The summed E-state index contributed by atoms with van der Waals surface area (Å²) < 4.78 is 21.8. The monoisotopic (exact) mass is 317 g/mol. The summed E-state index contributed by atoms with van der Waals surface area (Å²) in [6.45, 7) is 9.21. The van der Waals surface area contributed by atoms with E-state index in [-0.39, 0.29) is 5.69 Å². The molecule has 2 aromatic carbocycles. The highest BCUT2D eigenvalue weighted by atomic mass is 19.1. The van der Waals surface area contributed by atoms with Crippen molar-refractivity contribution >= 4 is 27.6 Å². The van der Waals surface area contributed by atoms with E-state index >= 15 is 0 Å². The van der Waals surface area contributed by atoms with E-state index in [0.717, 1.165) is 27.6 Å². The van der Waals surface area contributed by atoms with Gasteiger partial charge in [-0.1, -0.05) is 6.07 Å². The second-order valence-electron chi connectivity index (χ2n) is 5.84. The molecule has 4 aromatic rings. The molecule has 0 aliphatic rings. The number of nitrogens with zero attached hydrogens (tertiary/aromatic N) is 2. The van der Waals surface area contributed by atoms with Crippen LogP contribution < -0.4 is 4.57 Å². The van der Waals surface area contributed by atoms with Gasteiger partial charge in [0.2, 0.25) is 11.4 Å². The van der Waals surface area contributed by atoms with Crippen molar-refractivity contribution in [1.82, 2.24) is 0 Å². The molecule has 0 saturated carbocycles. The zero-order chi connectivity index (χ0) is 16.8. The maximum atomic E-state index is 13.9. The normalized spacial score (nSPS) is 11.1. The van der Waals surface area contributed by atoms with Crippen LogP contribution in [0.2, 0.25) is 0 Å². The van der Waals surface area contributed by atoms with Gasteiger partial charge in [0.05, 0.1) is 12.1 Å². The predicted octanol–water partition coefficient (Wildman–Crippen LogP) is 5.08. The van der Waals surface area contributed by atoms with E-state index in [4.69, 9.17) is 11.0 Å². The van der Waals surface area contributed by atoms with Gasteiger partial charge in [-0.05, 0) is 30.7 Å². The van der Waals surface area contributed by atoms with Crippen molar-refractivity contribution in [3.05, 3.63) is 71.5 Å². The van der Waals surface area contributed by atoms with Crippen molar-refractivity contribution in [3.8, 4) is 11.3 Å². The van der Waals surface area contributed by atoms with Crippen LogP contribution in [0.1, 0.15) is 5.56 Å². The van der Waals surface area contributed by atoms with E-state index in [1.165, 1.54) is 6.07 Å². The molecule has 4 rings (SSSR count). The van der Waals surface area contributed by atoms with Gasteiger partial charge >= 0.3 is 0 Å². The van der Waals surface area contributed by atoms with Crippen LogP contribution in [0.4, 0.5) is 10.1 Å². The molecule has 24 heavy (non-hydrogen) atoms. The summed E-state index contributed by atoms with van der Waals surface area (Å²) in [5, 5.41) is 1.68. The molecule has 0 saturated heterocycles. The van der Waals surface area contributed by atoms with E-state index in [1.807, 2.05) is 55.1 Å². The number of hydrogen-bond donors (Lipinski definition) is 0. The van der Waals surface area contributed by atoms with Crippen LogP contribution in [-0.4, -0.2) is 0 Å². The highest BCUT2D eigenvalue weighted by molar-refractivity contribution is 6.13. The number of aromatic nitrogens is 1. The minimum atomic E-state index is -0.555. The van der Waals surface area contributed by atoms with Gasteiger partial charge in [0.15, 0.2) is 6.20 Å².